The topological polar surface area (TPSA) is 61.9 Å². The average Bonchev–Trinajstić information content (AvgIpc) is 3.25. The number of benzene rings is 2. The Balaban J connectivity index is 1.57. The number of carbonyl (C=O) groups is 2. The average molecular weight is 456 g/mol. The van der Waals surface area contributed by atoms with Crippen LogP contribution in [0.2, 0.25) is 5.02 Å². The van der Waals surface area contributed by atoms with Crippen LogP contribution in [0.3, 0.4) is 0 Å². The molecule has 2 aliphatic heterocycles. The Morgan fingerprint density at radius 2 is 1.88 bits per heavy atom. The van der Waals surface area contributed by atoms with Crippen LogP contribution in [0.15, 0.2) is 42.5 Å². The van der Waals surface area contributed by atoms with Gasteiger partial charge in [-0.05, 0) is 56.6 Å². The molecule has 2 fully saturated rings. The van der Waals surface area contributed by atoms with Crippen LogP contribution in [0.1, 0.15) is 54.1 Å². The third kappa shape index (κ3) is 4.92. The first-order valence-electron chi connectivity index (χ1n) is 11.3. The highest BCUT2D eigenvalue weighted by atomic mass is 35.5. The minimum absolute atomic E-state index is 0.0135. The molecule has 0 aromatic heterocycles. The standard InChI is InChI=1S/C25H30ClN3O3/c1-32-23-9-4-3-8-19(23)22(28-13-5-2-6-14-28)17-27-25(31)20-12-11-18(26)16-21(20)29-15-7-10-24(29)30/h3-4,8-9,11-12,16,22H,2,5-7,10,13-15,17H2,1H3,(H,27,31). The van der Waals surface area contributed by atoms with Gasteiger partial charge in [-0.1, -0.05) is 36.2 Å². The molecule has 1 N–H and O–H groups in total. The molecule has 170 valence electrons. The van der Waals surface area contributed by atoms with Crippen molar-refractivity contribution in [3.8, 4) is 5.75 Å². The van der Waals surface area contributed by atoms with Crippen LogP contribution in [-0.2, 0) is 4.79 Å². The second-order valence-electron chi connectivity index (χ2n) is 8.37. The van der Waals surface area contributed by atoms with Gasteiger partial charge in [0.25, 0.3) is 5.91 Å². The quantitative estimate of drug-likeness (QED) is 0.670. The number of nitrogens with one attached hydrogen (secondary N) is 1. The van der Waals surface area contributed by atoms with E-state index < -0.39 is 0 Å². The monoisotopic (exact) mass is 455 g/mol. The van der Waals surface area contributed by atoms with E-state index in [1.165, 1.54) is 6.42 Å². The molecule has 0 spiro atoms. The minimum Gasteiger partial charge on any atom is -0.496 e. The number of rotatable bonds is 7. The van der Waals surface area contributed by atoms with Crippen molar-refractivity contribution in [2.45, 2.75) is 38.1 Å². The van der Waals surface area contributed by atoms with E-state index in [-0.39, 0.29) is 17.9 Å². The van der Waals surface area contributed by atoms with Gasteiger partial charge in [-0.25, -0.2) is 0 Å². The summed E-state index contributed by atoms with van der Waals surface area (Å²) in [7, 11) is 1.68. The number of piperidine rings is 1. The second-order valence-corrected chi connectivity index (χ2v) is 8.81. The predicted molar refractivity (Wildman–Crippen MR) is 127 cm³/mol. The molecule has 0 bridgehead atoms. The Hall–Kier alpha value is -2.57. The molecule has 4 rings (SSSR count). The zero-order valence-electron chi connectivity index (χ0n) is 18.5. The summed E-state index contributed by atoms with van der Waals surface area (Å²) >= 11 is 6.20. The SMILES string of the molecule is COc1ccccc1C(CNC(=O)c1ccc(Cl)cc1N1CCCC1=O)N1CCCCC1. The fourth-order valence-corrected chi connectivity index (χ4v) is 4.88. The molecule has 2 heterocycles. The lowest BCUT2D eigenvalue weighted by Crippen LogP contribution is -2.41. The van der Waals surface area contributed by atoms with E-state index in [0.717, 1.165) is 43.7 Å². The van der Waals surface area contributed by atoms with E-state index in [0.29, 0.717) is 35.8 Å². The number of anilines is 1. The highest BCUT2D eigenvalue weighted by Crippen LogP contribution is 2.32. The normalized spacial score (nSPS) is 17.9. The number of nitrogens with zero attached hydrogens (tertiary/aromatic N) is 2. The maximum absolute atomic E-state index is 13.3. The van der Waals surface area contributed by atoms with Crippen LogP contribution in [0.5, 0.6) is 5.75 Å². The summed E-state index contributed by atoms with van der Waals surface area (Å²) in [5, 5.41) is 3.64. The molecule has 0 aliphatic carbocycles. The smallest absolute Gasteiger partial charge is 0.253 e. The van der Waals surface area contributed by atoms with Crippen molar-refractivity contribution in [1.82, 2.24) is 10.2 Å². The lowest BCUT2D eigenvalue weighted by atomic mass is 10.00. The van der Waals surface area contributed by atoms with E-state index in [1.54, 1.807) is 30.2 Å². The van der Waals surface area contributed by atoms with Crippen molar-refractivity contribution in [1.29, 1.82) is 0 Å². The number of hydrogen-bond donors (Lipinski definition) is 1. The van der Waals surface area contributed by atoms with Gasteiger partial charge in [-0.2, -0.15) is 0 Å². The van der Waals surface area contributed by atoms with Crippen LogP contribution in [0.4, 0.5) is 5.69 Å². The van der Waals surface area contributed by atoms with E-state index in [9.17, 15) is 9.59 Å². The summed E-state index contributed by atoms with van der Waals surface area (Å²) in [6.45, 7) is 3.05. The molecule has 7 heteroatoms. The molecule has 0 radical (unpaired) electrons. The first-order valence-corrected chi connectivity index (χ1v) is 11.7. The number of halogens is 1. The molecule has 2 aromatic carbocycles. The second kappa shape index (κ2) is 10.4. The molecule has 2 aromatic rings. The van der Waals surface area contributed by atoms with Gasteiger partial charge in [0.2, 0.25) is 5.91 Å². The summed E-state index contributed by atoms with van der Waals surface area (Å²) in [6.07, 6.45) is 4.82. The molecular weight excluding hydrogens is 426 g/mol. The zero-order chi connectivity index (χ0) is 22.5. The van der Waals surface area contributed by atoms with Gasteiger partial charge in [0, 0.05) is 30.1 Å². The van der Waals surface area contributed by atoms with Crippen molar-refractivity contribution in [2.75, 3.05) is 38.2 Å². The Bertz CT molecular complexity index is 975. The summed E-state index contributed by atoms with van der Waals surface area (Å²) in [5.74, 6) is 0.655. The van der Waals surface area contributed by atoms with Crippen LogP contribution >= 0.6 is 11.6 Å². The molecule has 32 heavy (non-hydrogen) atoms. The van der Waals surface area contributed by atoms with Gasteiger partial charge in [-0.15, -0.1) is 0 Å². The third-order valence-corrected chi connectivity index (χ3v) is 6.59. The molecule has 6 nitrogen and oxygen atoms in total. The summed E-state index contributed by atoms with van der Waals surface area (Å²) < 4.78 is 5.62. The number of hydrogen-bond acceptors (Lipinski definition) is 4. The van der Waals surface area contributed by atoms with Crippen LogP contribution in [0, 0.1) is 0 Å². The van der Waals surface area contributed by atoms with E-state index in [4.69, 9.17) is 16.3 Å². The Morgan fingerprint density at radius 3 is 2.59 bits per heavy atom. The number of para-hydroxylation sites is 1. The minimum atomic E-state index is -0.201. The van der Waals surface area contributed by atoms with Crippen LogP contribution in [-0.4, -0.2) is 50.0 Å². The summed E-state index contributed by atoms with van der Waals surface area (Å²) in [6, 6.07) is 13.1. The highest BCUT2D eigenvalue weighted by molar-refractivity contribution is 6.31. The Morgan fingerprint density at radius 1 is 1.09 bits per heavy atom. The molecule has 2 aliphatic rings. The number of carbonyl (C=O) groups excluding carboxylic acids is 2. The first-order chi connectivity index (χ1) is 15.6. The van der Waals surface area contributed by atoms with Gasteiger partial charge < -0.3 is 15.0 Å². The van der Waals surface area contributed by atoms with Gasteiger partial charge in [0.05, 0.1) is 24.4 Å². The van der Waals surface area contributed by atoms with E-state index in [1.807, 2.05) is 18.2 Å². The fraction of sp³-hybridized carbons (Fsp3) is 0.440. The predicted octanol–water partition coefficient (Wildman–Crippen LogP) is 4.43. The largest absolute Gasteiger partial charge is 0.496 e. The van der Waals surface area contributed by atoms with E-state index in [2.05, 4.69) is 16.3 Å². The van der Waals surface area contributed by atoms with Gasteiger partial charge in [0.1, 0.15) is 5.75 Å². The van der Waals surface area contributed by atoms with Crippen molar-refractivity contribution in [3.63, 3.8) is 0 Å². The Labute approximate surface area is 194 Å². The molecular formula is C25H30ClN3O3. The molecule has 1 unspecified atom stereocenters. The van der Waals surface area contributed by atoms with Gasteiger partial charge in [-0.3, -0.25) is 14.5 Å². The molecule has 2 saturated heterocycles. The lowest BCUT2D eigenvalue weighted by molar-refractivity contribution is -0.117. The maximum atomic E-state index is 13.3. The third-order valence-electron chi connectivity index (χ3n) is 6.35. The summed E-state index contributed by atoms with van der Waals surface area (Å²) in [4.78, 5) is 29.7. The number of likely N-dealkylation sites (tertiary alicyclic amines) is 1. The fourth-order valence-electron chi connectivity index (χ4n) is 4.72. The van der Waals surface area contributed by atoms with E-state index >= 15 is 0 Å². The maximum Gasteiger partial charge on any atom is 0.253 e. The number of ether oxygens (including phenoxy) is 1. The summed E-state index contributed by atoms with van der Waals surface area (Å²) in [5.41, 5.74) is 2.13. The Kier molecular flexibility index (Phi) is 7.33. The zero-order valence-corrected chi connectivity index (χ0v) is 19.2. The van der Waals surface area contributed by atoms with Crippen molar-refractivity contribution in [2.24, 2.45) is 0 Å². The number of methoxy groups -OCH3 is 1. The number of amides is 2. The van der Waals surface area contributed by atoms with Crippen molar-refractivity contribution in [3.05, 3.63) is 58.6 Å². The molecule has 2 amide bonds. The lowest BCUT2D eigenvalue weighted by Gasteiger charge is -2.35. The van der Waals surface area contributed by atoms with Gasteiger partial charge in [0.15, 0.2) is 0 Å². The molecule has 1 atom stereocenters. The van der Waals surface area contributed by atoms with Crippen LogP contribution < -0.4 is 15.0 Å². The van der Waals surface area contributed by atoms with Crippen molar-refractivity contribution >= 4 is 29.1 Å². The van der Waals surface area contributed by atoms with Gasteiger partial charge >= 0.3 is 0 Å². The van der Waals surface area contributed by atoms with Crippen LogP contribution in [0.25, 0.3) is 0 Å². The first kappa shape index (κ1) is 22.6. The van der Waals surface area contributed by atoms with Crippen molar-refractivity contribution < 1.29 is 14.3 Å². The highest BCUT2D eigenvalue weighted by Gasteiger charge is 2.28. The molecule has 0 saturated carbocycles.